The fraction of sp³-hybridized carbons (Fsp3) is 0.250. The average molecular weight is 489 g/mol. The van der Waals surface area contributed by atoms with Crippen molar-refractivity contribution in [2.75, 3.05) is 13.7 Å². The first-order valence-corrected chi connectivity index (χ1v) is 11.7. The van der Waals surface area contributed by atoms with Crippen molar-refractivity contribution in [1.29, 1.82) is 5.41 Å². The van der Waals surface area contributed by atoms with Crippen LogP contribution in [0.5, 0.6) is 5.75 Å². The van der Waals surface area contributed by atoms with E-state index in [4.69, 9.17) is 15.9 Å². The predicted octanol–water partition coefficient (Wildman–Crippen LogP) is 3.57. The number of methoxy groups -OCH3 is 1. The van der Waals surface area contributed by atoms with E-state index in [1.165, 1.54) is 4.90 Å². The number of hydrogen-bond donors (Lipinski definition) is 4. The number of carbonyl (C=O) groups excluding carboxylic acids is 1. The number of rotatable bonds is 12. The van der Waals surface area contributed by atoms with Gasteiger partial charge in [0, 0.05) is 13.1 Å². The van der Waals surface area contributed by atoms with Crippen LogP contribution in [0.3, 0.4) is 0 Å². The minimum Gasteiger partial charge on any atom is -0.497 e. The Morgan fingerprint density at radius 3 is 2.14 bits per heavy atom. The van der Waals surface area contributed by atoms with Crippen LogP contribution in [0.2, 0.25) is 0 Å². The largest absolute Gasteiger partial charge is 0.497 e. The molecule has 1 amide bonds. The quantitative estimate of drug-likeness (QED) is 0.175. The Kier molecular flexibility index (Phi) is 9.45. The van der Waals surface area contributed by atoms with Crippen LogP contribution >= 0.6 is 0 Å². The van der Waals surface area contributed by atoms with Crippen LogP contribution in [0.4, 0.5) is 0 Å². The molecule has 0 spiro atoms. The number of amides is 1. The van der Waals surface area contributed by atoms with Gasteiger partial charge >= 0.3 is 5.97 Å². The Labute approximate surface area is 211 Å². The van der Waals surface area contributed by atoms with Gasteiger partial charge in [-0.05, 0) is 41.7 Å². The van der Waals surface area contributed by atoms with Crippen molar-refractivity contribution < 1.29 is 19.4 Å². The van der Waals surface area contributed by atoms with E-state index < -0.39 is 17.9 Å². The summed E-state index contributed by atoms with van der Waals surface area (Å²) in [5.41, 5.74) is 7.68. The standard InChI is InChI=1S/C28H32N4O4/c1-36-23-15-8-10-20(18-23)19-32(24(27(34)35)16-9-17-31-28(29)30)26(33)25(21-11-4-2-5-12-21)22-13-6-3-7-14-22/h2-8,10-15,18,24-25H,9,16-17,19H2,1H3,(H,34,35)(H4,29,30,31). The molecule has 3 rings (SSSR count). The minimum atomic E-state index is -1.09. The highest BCUT2D eigenvalue weighted by molar-refractivity contribution is 5.90. The molecular weight excluding hydrogens is 456 g/mol. The number of hydrogen-bond acceptors (Lipinski definition) is 4. The highest BCUT2D eigenvalue weighted by Crippen LogP contribution is 2.29. The molecule has 8 nitrogen and oxygen atoms in total. The molecule has 1 atom stereocenters. The molecule has 0 aliphatic carbocycles. The third-order valence-electron chi connectivity index (χ3n) is 5.91. The molecule has 1 unspecified atom stereocenters. The molecule has 188 valence electrons. The lowest BCUT2D eigenvalue weighted by molar-refractivity contribution is -0.151. The molecule has 0 bridgehead atoms. The van der Waals surface area contributed by atoms with Gasteiger partial charge in [-0.3, -0.25) is 10.2 Å². The highest BCUT2D eigenvalue weighted by Gasteiger charge is 2.35. The SMILES string of the molecule is COc1cccc(CN(C(=O)C(c2ccccc2)c2ccccc2)C(CCCNC(=N)N)C(=O)O)c1. The van der Waals surface area contributed by atoms with Gasteiger partial charge in [-0.2, -0.15) is 0 Å². The van der Waals surface area contributed by atoms with Gasteiger partial charge in [-0.15, -0.1) is 0 Å². The molecular formula is C28H32N4O4. The second-order valence-corrected chi connectivity index (χ2v) is 8.41. The van der Waals surface area contributed by atoms with E-state index >= 15 is 0 Å². The smallest absolute Gasteiger partial charge is 0.326 e. The van der Waals surface area contributed by atoms with Crippen molar-refractivity contribution in [3.8, 4) is 5.75 Å². The molecule has 0 aliphatic rings. The molecule has 0 aromatic heterocycles. The highest BCUT2D eigenvalue weighted by atomic mass is 16.5. The topological polar surface area (TPSA) is 129 Å². The zero-order valence-electron chi connectivity index (χ0n) is 20.3. The molecule has 0 aliphatic heterocycles. The van der Waals surface area contributed by atoms with Crippen LogP contribution in [-0.4, -0.2) is 47.5 Å². The lowest BCUT2D eigenvalue weighted by atomic mass is 9.89. The first-order valence-electron chi connectivity index (χ1n) is 11.7. The molecule has 8 heteroatoms. The van der Waals surface area contributed by atoms with Gasteiger partial charge in [0.2, 0.25) is 5.91 Å². The van der Waals surface area contributed by atoms with E-state index in [1.807, 2.05) is 72.8 Å². The number of nitrogens with two attached hydrogens (primary N) is 1. The Morgan fingerprint density at radius 2 is 1.61 bits per heavy atom. The fourth-order valence-electron chi connectivity index (χ4n) is 4.17. The van der Waals surface area contributed by atoms with E-state index in [9.17, 15) is 14.7 Å². The maximum absolute atomic E-state index is 14.3. The molecule has 0 heterocycles. The summed E-state index contributed by atoms with van der Waals surface area (Å²) in [4.78, 5) is 28.2. The normalized spacial score (nSPS) is 11.5. The Balaban J connectivity index is 2.02. The van der Waals surface area contributed by atoms with Gasteiger partial charge < -0.3 is 25.8 Å². The number of nitrogens with zero attached hydrogens (tertiary/aromatic N) is 1. The zero-order valence-corrected chi connectivity index (χ0v) is 20.3. The lowest BCUT2D eigenvalue weighted by Crippen LogP contribution is -2.47. The summed E-state index contributed by atoms with van der Waals surface area (Å²) in [6.07, 6.45) is 0.612. The van der Waals surface area contributed by atoms with Crippen molar-refractivity contribution >= 4 is 17.8 Å². The fourth-order valence-corrected chi connectivity index (χ4v) is 4.17. The van der Waals surface area contributed by atoms with Crippen LogP contribution in [0, 0.1) is 5.41 Å². The number of nitrogens with one attached hydrogen (secondary N) is 2. The molecule has 0 saturated heterocycles. The van der Waals surface area contributed by atoms with E-state index in [1.54, 1.807) is 19.2 Å². The molecule has 3 aromatic rings. The van der Waals surface area contributed by atoms with Crippen molar-refractivity contribution in [2.45, 2.75) is 31.3 Å². The van der Waals surface area contributed by atoms with E-state index in [-0.39, 0.29) is 24.8 Å². The van der Waals surface area contributed by atoms with E-state index in [0.717, 1.165) is 16.7 Å². The molecule has 36 heavy (non-hydrogen) atoms. The third-order valence-corrected chi connectivity index (χ3v) is 5.91. The zero-order chi connectivity index (χ0) is 25.9. The number of benzene rings is 3. The first-order chi connectivity index (χ1) is 17.4. The minimum absolute atomic E-state index is 0.101. The van der Waals surface area contributed by atoms with Gasteiger partial charge in [0.05, 0.1) is 13.0 Å². The summed E-state index contributed by atoms with van der Waals surface area (Å²) in [7, 11) is 1.56. The molecule has 5 N–H and O–H groups in total. The molecule has 0 radical (unpaired) electrons. The maximum Gasteiger partial charge on any atom is 0.326 e. The van der Waals surface area contributed by atoms with Gasteiger partial charge in [0.15, 0.2) is 5.96 Å². The molecule has 3 aromatic carbocycles. The van der Waals surface area contributed by atoms with E-state index in [0.29, 0.717) is 18.7 Å². The number of carboxylic acids is 1. The van der Waals surface area contributed by atoms with Gasteiger partial charge in [0.1, 0.15) is 11.8 Å². The Hall–Kier alpha value is -4.33. The van der Waals surface area contributed by atoms with Crippen LogP contribution < -0.4 is 15.8 Å². The average Bonchev–Trinajstić information content (AvgIpc) is 2.89. The number of guanidine groups is 1. The number of aliphatic carboxylic acids is 1. The molecule has 0 saturated carbocycles. The summed E-state index contributed by atoms with van der Waals surface area (Å²) in [6, 6.07) is 24.9. The maximum atomic E-state index is 14.3. The lowest BCUT2D eigenvalue weighted by Gasteiger charge is -2.33. The van der Waals surface area contributed by atoms with Crippen LogP contribution in [0.25, 0.3) is 0 Å². The van der Waals surface area contributed by atoms with Crippen molar-refractivity contribution in [3.63, 3.8) is 0 Å². The molecule has 0 fully saturated rings. The van der Waals surface area contributed by atoms with Crippen LogP contribution in [-0.2, 0) is 16.1 Å². The number of ether oxygens (including phenoxy) is 1. The second-order valence-electron chi connectivity index (χ2n) is 8.41. The first kappa shape index (κ1) is 26.3. The van der Waals surface area contributed by atoms with Gasteiger partial charge in [0.25, 0.3) is 0 Å². The van der Waals surface area contributed by atoms with Crippen molar-refractivity contribution in [1.82, 2.24) is 10.2 Å². The summed E-state index contributed by atoms with van der Waals surface area (Å²) in [5.74, 6) is -1.62. The van der Waals surface area contributed by atoms with Crippen molar-refractivity contribution in [2.24, 2.45) is 5.73 Å². The van der Waals surface area contributed by atoms with Crippen LogP contribution in [0.1, 0.15) is 35.4 Å². The monoisotopic (exact) mass is 488 g/mol. The van der Waals surface area contributed by atoms with E-state index in [2.05, 4.69) is 5.32 Å². The summed E-state index contributed by atoms with van der Waals surface area (Å²) >= 11 is 0. The Bertz CT molecular complexity index is 1110. The van der Waals surface area contributed by atoms with Crippen molar-refractivity contribution in [3.05, 3.63) is 102 Å². The number of carbonyl (C=O) groups is 2. The summed E-state index contributed by atoms with van der Waals surface area (Å²) in [5, 5.41) is 20.2. The Morgan fingerprint density at radius 1 is 1.00 bits per heavy atom. The number of carboxylic acid groups (broad SMARTS) is 1. The van der Waals surface area contributed by atoms with Gasteiger partial charge in [-0.25, -0.2) is 4.79 Å². The predicted molar refractivity (Wildman–Crippen MR) is 139 cm³/mol. The summed E-state index contributed by atoms with van der Waals surface area (Å²) in [6.45, 7) is 0.435. The second kappa shape index (κ2) is 12.9. The van der Waals surface area contributed by atoms with Gasteiger partial charge in [-0.1, -0.05) is 72.8 Å². The summed E-state index contributed by atoms with van der Waals surface area (Å²) < 4.78 is 5.33. The third kappa shape index (κ3) is 7.09. The van der Waals surface area contributed by atoms with Crippen LogP contribution in [0.15, 0.2) is 84.9 Å².